The molecule has 4 heteroatoms. The van der Waals surface area contributed by atoms with Crippen LogP contribution in [-0.2, 0) is 13.1 Å². The molecule has 18 heavy (non-hydrogen) atoms. The van der Waals surface area contributed by atoms with Gasteiger partial charge in [0.1, 0.15) is 0 Å². The lowest BCUT2D eigenvalue weighted by atomic mass is 10.1. The molecule has 2 rings (SSSR count). The van der Waals surface area contributed by atoms with Gasteiger partial charge in [0.15, 0.2) is 5.43 Å². The summed E-state index contributed by atoms with van der Waals surface area (Å²) in [5, 5.41) is 0. The Labute approximate surface area is 106 Å². The minimum atomic E-state index is 0.0814. The first-order chi connectivity index (χ1) is 8.63. The SMILES string of the molecule is Cc1cn(Cc2cccnc2)c(CN)c(C)c1=O. The Morgan fingerprint density at radius 3 is 2.78 bits per heavy atom. The van der Waals surface area contributed by atoms with E-state index in [1.54, 1.807) is 6.20 Å². The number of hydrogen-bond acceptors (Lipinski definition) is 3. The molecule has 4 nitrogen and oxygen atoms in total. The van der Waals surface area contributed by atoms with Crippen molar-refractivity contribution in [2.45, 2.75) is 26.9 Å². The molecule has 2 heterocycles. The molecule has 0 saturated heterocycles. The molecule has 94 valence electrons. The van der Waals surface area contributed by atoms with Gasteiger partial charge in [0, 0.05) is 48.5 Å². The summed E-state index contributed by atoms with van der Waals surface area (Å²) in [7, 11) is 0. The van der Waals surface area contributed by atoms with Crippen molar-refractivity contribution < 1.29 is 0 Å². The Balaban J connectivity index is 2.48. The first kappa shape index (κ1) is 12.5. The Bertz CT molecular complexity index is 602. The largest absolute Gasteiger partial charge is 0.345 e. The molecule has 0 aliphatic carbocycles. The Kier molecular flexibility index (Phi) is 3.58. The van der Waals surface area contributed by atoms with Crippen LogP contribution in [0.3, 0.4) is 0 Å². The number of hydrogen-bond donors (Lipinski definition) is 1. The average molecular weight is 243 g/mol. The molecule has 0 atom stereocenters. The van der Waals surface area contributed by atoms with Crippen LogP contribution < -0.4 is 11.2 Å². The summed E-state index contributed by atoms with van der Waals surface area (Å²) in [5.74, 6) is 0. The number of nitrogens with two attached hydrogens (primary N) is 1. The predicted octanol–water partition coefficient (Wildman–Crippen LogP) is 1.37. The van der Waals surface area contributed by atoms with Gasteiger partial charge < -0.3 is 10.3 Å². The second-order valence-corrected chi connectivity index (χ2v) is 4.41. The highest BCUT2D eigenvalue weighted by atomic mass is 16.1. The van der Waals surface area contributed by atoms with Gasteiger partial charge in [-0.3, -0.25) is 9.78 Å². The van der Waals surface area contributed by atoms with Gasteiger partial charge in [0.25, 0.3) is 0 Å². The molecule has 0 bridgehead atoms. The van der Waals surface area contributed by atoms with Crippen molar-refractivity contribution >= 4 is 0 Å². The first-order valence-electron chi connectivity index (χ1n) is 5.92. The summed E-state index contributed by atoms with van der Waals surface area (Å²) in [6.07, 6.45) is 5.43. The average Bonchev–Trinajstić information content (AvgIpc) is 2.38. The fourth-order valence-electron chi connectivity index (χ4n) is 2.11. The summed E-state index contributed by atoms with van der Waals surface area (Å²) < 4.78 is 2.03. The molecular weight excluding hydrogens is 226 g/mol. The van der Waals surface area contributed by atoms with E-state index in [2.05, 4.69) is 4.98 Å². The summed E-state index contributed by atoms with van der Waals surface area (Å²) in [4.78, 5) is 16.0. The van der Waals surface area contributed by atoms with Crippen LogP contribution in [0.15, 0.2) is 35.5 Å². The van der Waals surface area contributed by atoms with Crippen LogP contribution in [0.1, 0.15) is 22.4 Å². The van der Waals surface area contributed by atoms with Gasteiger partial charge in [-0.25, -0.2) is 0 Å². The molecular formula is C14H17N3O. The van der Waals surface area contributed by atoms with E-state index in [1.165, 1.54) is 0 Å². The van der Waals surface area contributed by atoms with Crippen LogP contribution in [0, 0.1) is 13.8 Å². The van der Waals surface area contributed by atoms with E-state index in [4.69, 9.17) is 5.73 Å². The van der Waals surface area contributed by atoms with E-state index in [0.29, 0.717) is 13.1 Å². The molecule has 2 aromatic heterocycles. The maximum atomic E-state index is 11.9. The Morgan fingerprint density at radius 1 is 1.39 bits per heavy atom. The van der Waals surface area contributed by atoms with Crippen molar-refractivity contribution in [3.63, 3.8) is 0 Å². The van der Waals surface area contributed by atoms with Gasteiger partial charge >= 0.3 is 0 Å². The monoisotopic (exact) mass is 243 g/mol. The lowest BCUT2D eigenvalue weighted by molar-refractivity contribution is 0.709. The molecule has 0 unspecified atom stereocenters. The number of pyridine rings is 2. The zero-order chi connectivity index (χ0) is 13.1. The molecule has 0 aliphatic rings. The van der Waals surface area contributed by atoms with Crippen molar-refractivity contribution in [1.82, 2.24) is 9.55 Å². The highest BCUT2D eigenvalue weighted by molar-refractivity contribution is 5.26. The van der Waals surface area contributed by atoms with E-state index in [-0.39, 0.29) is 5.43 Å². The van der Waals surface area contributed by atoms with Crippen molar-refractivity contribution in [1.29, 1.82) is 0 Å². The quantitative estimate of drug-likeness (QED) is 0.885. The van der Waals surface area contributed by atoms with Crippen LogP contribution in [-0.4, -0.2) is 9.55 Å². The standard InChI is InChI=1S/C14H17N3O/c1-10-8-17(9-12-4-3-5-16-7-12)13(6-15)11(2)14(10)18/h3-5,7-8H,6,9,15H2,1-2H3. The Hall–Kier alpha value is -1.94. The van der Waals surface area contributed by atoms with E-state index < -0.39 is 0 Å². The molecule has 0 aromatic carbocycles. The van der Waals surface area contributed by atoms with E-state index in [0.717, 1.165) is 22.4 Å². The smallest absolute Gasteiger partial charge is 0.187 e. The van der Waals surface area contributed by atoms with E-state index in [9.17, 15) is 4.79 Å². The fourth-order valence-corrected chi connectivity index (χ4v) is 2.11. The number of aromatic nitrogens is 2. The van der Waals surface area contributed by atoms with Gasteiger partial charge in [0.05, 0.1) is 0 Å². The molecule has 0 amide bonds. The summed E-state index contributed by atoms with van der Waals surface area (Å²) in [6.45, 7) is 4.70. The highest BCUT2D eigenvalue weighted by Gasteiger charge is 2.09. The summed E-state index contributed by atoms with van der Waals surface area (Å²) in [5.41, 5.74) is 9.29. The highest BCUT2D eigenvalue weighted by Crippen LogP contribution is 2.09. The zero-order valence-corrected chi connectivity index (χ0v) is 10.7. The molecule has 2 aromatic rings. The van der Waals surface area contributed by atoms with Gasteiger partial charge in [-0.05, 0) is 25.5 Å². The number of rotatable bonds is 3. The lowest BCUT2D eigenvalue weighted by Gasteiger charge is -2.15. The number of nitrogens with zero attached hydrogens (tertiary/aromatic N) is 2. The molecule has 0 spiro atoms. The van der Waals surface area contributed by atoms with Crippen molar-refractivity contribution in [2.75, 3.05) is 0 Å². The predicted molar refractivity (Wildman–Crippen MR) is 71.4 cm³/mol. The van der Waals surface area contributed by atoms with Crippen LogP contribution in [0.4, 0.5) is 0 Å². The fraction of sp³-hybridized carbons (Fsp3) is 0.286. The van der Waals surface area contributed by atoms with Gasteiger partial charge in [-0.15, -0.1) is 0 Å². The van der Waals surface area contributed by atoms with E-state index in [1.807, 2.05) is 42.9 Å². The molecule has 0 fully saturated rings. The second-order valence-electron chi connectivity index (χ2n) is 4.41. The van der Waals surface area contributed by atoms with Crippen LogP contribution in [0.5, 0.6) is 0 Å². The zero-order valence-electron chi connectivity index (χ0n) is 10.7. The molecule has 2 N–H and O–H groups in total. The van der Waals surface area contributed by atoms with Gasteiger partial charge in [-0.2, -0.15) is 0 Å². The van der Waals surface area contributed by atoms with Crippen LogP contribution >= 0.6 is 0 Å². The summed E-state index contributed by atoms with van der Waals surface area (Å²) in [6, 6.07) is 3.91. The van der Waals surface area contributed by atoms with Gasteiger partial charge in [0.2, 0.25) is 0 Å². The van der Waals surface area contributed by atoms with Gasteiger partial charge in [-0.1, -0.05) is 6.07 Å². The number of aryl methyl sites for hydroxylation is 1. The minimum Gasteiger partial charge on any atom is -0.345 e. The third kappa shape index (κ3) is 2.33. The molecule has 0 aliphatic heterocycles. The van der Waals surface area contributed by atoms with Crippen molar-refractivity contribution in [3.8, 4) is 0 Å². The first-order valence-corrected chi connectivity index (χ1v) is 5.92. The lowest BCUT2D eigenvalue weighted by Crippen LogP contribution is -2.22. The third-order valence-corrected chi connectivity index (χ3v) is 3.10. The van der Waals surface area contributed by atoms with Crippen molar-refractivity contribution in [3.05, 3.63) is 63.3 Å². The van der Waals surface area contributed by atoms with Crippen LogP contribution in [0.25, 0.3) is 0 Å². The normalized spacial score (nSPS) is 10.6. The van der Waals surface area contributed by atoms with Crippen LogP contribution in [0.2, 0.25) is 0 Å². The molecule has 0 radical (unpaired) electrons. The maximum absolute atomic E-state index is 11.9. The van der Waals surface area contributed by atoms with E-state index >= 15 is 0 Å². The molecule has 0 saturated carbocycles. The minimum absolute atomic E-state index is 0.0814. The Morgan fingerprint density at radius 2 is 2.17 bits per heavy atom. The third-order valence-electron chi connectivity index (χ3n) is 3.10. The van der Waals surface area contributed by atoms with Crippen molar-refractivity contribution in [2.24, 2.45) is 5.73 Å². The topological polar surface area (TPSA) is 60.9 Å². The maximum Gasteiger partial charge on any atom is 0.187 e. The summed E-state index contributed by atoms with van der Waals surface area (Å²) >= 11 is 0. The second kappa shape index (κ2) is 5.14.